The van der Waals surface area contributed by atoms with E-state index >= 15 is 0 Å². The number of alkyl halides is 2. The Labute approximate surface area is 86.9 Å². The fraction of sp³-hybridized carbons (Fsp3) is 0.700. The van der Waals surface area contributed by atoms with Gasteiger partial charge in [0.1, 0.15) is 0 Å². The molecule has 1 aliphatic rings. The molecule has 0 spiro atoms. The molecule has 0 amide bonds. The lowest BCUT2D eigenvalue weighted by molar-refractivity contribution is -0.0384. The summed E-state index contributed by atoms with van der Waals surface area (Å²) in [5.41, 5.74) is 0.836. The largest absolute Gasteiger partial charge is 0.468 e. The van der Waals surface area contributed by atoms with Crippen LogP contribution in [0.15, 0.2) is 6.20 Å². The van der Waals surface area contributed by atoms with Gasteiger partial charge in [-0.15, -0.1) is 0 Å². The van der Waals surface area contributed by atoms with Gasteiger partial charge in [-0.2, -0.15) is 0 Å². The molecule has 0 saturated heterocycles. The fourth-order valence-corrected chi connectivity index (χ4v) is 1.97. The van der Waals surface area contributed by atoms with E-state index in [0.717, 1.165) is 5.69 Å². The third-order valence-electron chi connectivity index (χ3n) is 2.90. The van der Waals surface area contributed by atoms with Gasteiger partial charge in [0, 0.05) is 25.0 Å². The molecule has 5 heteroatoms. The first-order valence-electron chi connectivity index (χ1n) is 5.08. The number of methoxy groups -OCH3 is 1. The van der Waals surface area contributed by atoms with E-state index in [1.54, 1.807) is 6.20 Å². The van der Waals surface area contributed by atoms with Crippen molar-refractivity contribution in [3.8, 4) is 6.01 Å². The van der Waals surface area contributed by atoms with Crippen LogP contribution in [0.25, 0.3) is 0 Å². The quantitative estimate of drug-likeness (QED) is 0.825. The Hall–Kier alpha value is -1.13. The second-order valence-electron chi connectivity index (χ2n) is 3.96. The normalized spacial score (nSPS) is 21.5. The Morgan fingerprint density at radius 1 is 1.47 bits per heavy atom. The summed E-state index contributed by atoms with van der Waals surface area (Å²) in [6.07, 6.45) is 2.68. The summed E-state index contributed by atoms with van der Waals surface area (Å²) < 4.78 is 30.7. The van der Waals surface area contributed by atoms with Crippen LogP contribution in [0.4, 0.5) is 8.78 Å². The average Bonchev–Trinajstić information content (AvgIpc) is 2.66. The van der Waals surface area contributed by atoms with Crippen LogP contribution < -0.4 is 4.74 Å². The maximum Gasteiger partial charge on any atom is 0.293 e. The maximum atomic E-state index is 12.9. The molecule has 0 bridgehead atoms. The van der Waals surface area contributed by atoms with E-state index in [1.165, 1.54) is 7.11 Å². The Bertz CT molecular complexity index is 328. The molecular weight excluding hydrogens is 202 g/mol. The van der Waals surface area contributed by atoms with Gasteiger partial charge in [0.15, 0.2) is 0 Å². The number of nitrogens with zero attached hydrogens (tertiary/aromatic N) is 1. The lowest BCUT2D eigenvalue weighted by atomic mass is 9.85. The van der Waals surface area contributed by atoms with Gasteiger partial charge in [0.05, 0.1) is 12.8 Å². The lowest BCUT2D eigenvalue weighted by Crippen LogP contribution is -2.23. The number of rotatable bonds is 2. The summed E-state index contributed by atoms with van der Waals surface area (Å²) in [6, 6.07) is 0.447. The third kappa shape index (κ3) is 2.27. The predicted molar refractivity (Wildman–Crippen MR) is 51.3 cm³/mol. The SMILES string of the molecule is COc1nc(C2CCC(F)(F)CC2)c[nH]1. The molecule has 0 aromatic carbocycles. The van der Waals surface area contributed by atoms with Crippen LogP contribution in [-0.2, 0) is 0 Å². The summed E-state index contributed by atoms with van der Waals surface area (Å²) in [6.45, 7) is 0. The molecule has 0 aliphatic heterocycles. The molecule has 1 aromatic heterocycles. The van der Waals surface area contributed by atoms with Crippen LogP contribution in [0.1, 0.15) is 37.3 Å². The van der Waals surface area contributed by atoms with E-state index in [1.807, 2.05) is 0 Å². The number of aromatic amines is 1. The van der Waals surface area contributed by atoms with Gasteiger partial charge >= 0.3 is 0 Å². The molecule has 0 radical (unpaired) electrons. The summed E-state index contributed by atoms with van der Waals surface area (Å²) in [5, 5.41) is 0. The van der Waals surface area contributed by atoms with Gasteiger partial charge in [0.25, 0.3) is 6.01 Å². The number of imidazole rings is 1. The highest BCUT2D eigenvalue weighted by Gasteiger charge is 2.36. The van der Waals surface area contributed by atoms with E-state index in [-0.39, 0.29) is 18.8 Å². The van der Waals surface area contributed by atoms with Crippen LogP contribution in [0.3, 0.4) is 0 Å². The third-order valence-corrected chi connectivity index (χ3v) is 2.90. The first-order chi connectivity index (χ1) is 7.11. The van der Waals surface area contributed by atoms with Crippen molar-refractivity contribution in [2.24, 2.45) is 0 Å². The number of H-pyrrole nitrogens is 1. The van der Waals surface area contributed by atoms with E-state index in [9.17, 15) is 8.78 Å². The summed E-state index contributed by atoms with van der Waals surface area (Å²) >= 11 is 0. The molecule has 1 saturated carbocycles. The van der Waals surface area contributed by atoms with Crippen molar-refractivity contribution in [1.29, 1.82) is 0 Å². The smallest absolute Gasteiger partial charge is 0.293 e. The predicted octanol–water partition coefficient (Wildman–Crippen LogP) is 2.71. The second-order valence-corrected chi connectivity index (χ2v) is 3.96. The number of nitrogens with one attached hydrogen (secondary N) is 1. The highest BCUT2D eigenvalue weighted by molar-refractivity contribution is 5.11. The minimum absolute atomic E-state index is 0.0349. The van der Waals surface area contributed by atoms with Crippen LogP contribution in [-0.4, -0.2) is 23.0 Å². The average molecular weight is 216 g/mol. The van der Waals surface area contributed by atoms with Crippen LogP contribution in [0.5, 0.6) is 6.01 Å². The molecule has 2 rings (SSSR count). The van der Waals surface area contributed by atoms with Crippen LogP contribution >= 0.6 is 0 Å². The van der Waals surface area contributed by atoms with E-state index in [0.29, 0.717) is 18.9 Å². The maximum absolute atomic E-state index is 12.9. The van der Waals surface area contributed by atoms with E-state index < -0.39 is 5.92 Å². The molecule has 1 N–H and O–H groups in total. The Kier molecular flexibility index (Phi) is 2.63. The van der Waals surface area contributed by atoms with Crippen molar-refractivity contribution in [3.05, 3.63) is 11.9 Å². The van der Waals surface area contributed by atoms with Crippen molar-refractivity contribution in [2.75, 3.05) is 7.11 Å². The van der Waals surface area contributed by atoms with Crippen molar-refractivity contribution in [2.45, 2.75) is 37.5 Å². The zero-order valence-corrected chi connectivity index (χ0v) is 8.59. The topological polar surface area (TPSA) is 37.9 Å². The minimum atomic E-state index is -2.48. The molecule has 1 aromatic rings. The lowest BCUT2D eigenvalue weighted by Gasteiger charge is -2.26. The zero-order chi connectivity index (χ0) is 10.9. The summed E-state index contributed by atoms with van der Waals surface area (Å²) in [4.78, 5) is 7.03. The van der Waals surface area contributed by atoms with Crippen LogP contribution in [0.2, 0.25) is 0 Å². The highest BCUT2D eigenvalue weighted by Crippen LogP contribution is 2.40. The van der Waals surface area contributed by atoms with Crippen LogP contribution in [0, 0.1) is 0 Å². The summed E-state index contributed by atoms with van der Waals surface area (Å²) in [5.74, 6) is -2.33. The highest BCUT2D eigenvalue weighted by atomic mass is 19.3. The van der Waals surface area contributed by atoms with Crippen molar-refractivity contribution >= 4 is 0 Å². The number of aromatic nitrogens is 2. The zero-order valence-electron chi connectivity index (χ0n) is 8.59. The second kappa shape index (κ2) is 3.79. The molecule has 84 valence electrons. The number of hydrogen-bond acceptors (Lipinski definition) is 2. The van der Waals surface area contributed by atoms with Gasteiger partial charge in [-0.05, 0) is 12.8 Å². The molecule has 15 heavy (non-hydrogen) atoms. The Morgan fingerprint density at radius 2 is 2.13 bits per heavy atom. The van der Waals surface area contributed by atoms with Gasteiger partial charge in [0.2, 0.25) is 5.92 Å². The van der Waals surface area contributed by atoms with E-state index in [2.05, 4.69) is 9.97 Å². The Balaban J connectivity index is 2.01. The Morgan fingerprint density at radius 3 is 2.67 bits per heavy atom. The number of halogens is 2. The standard InChI is InChI=1S/C10H14F2N2O/c1-15-9-13-6-8(14-9)7-2-4-10(11,12)5-3-7/h6-7H,2-5H2,1H3,(H,13,14). The van der Waals surface area contributed by atoms with Gasteiger partial charge in [-0.25, -0.2) is 13.8 Å². The molecule has 1 aliphatic carbocycles. The fourth-order valence-electron chi connectivity index (χ4n) is 1.97. The summed E-state index contributed by atoms with van der Waals surface area (Å²) in [7, 11) is 1.53. The van der Waals surface area contributed by atoms with Gasteiger partial charge in [-0.1, -0.05) is 0 Å². The molecule has 1 fully saturated rings. The number of ether oxygens (including phenoxy) is 1. The van der Waals surface area contributed by atoms with Gasteiger partial charge < -0.3 is 9.72 Å². The first kappa shape index (κ1) is 10.4. The van der Waals surface area contributed by atoms with Crippen molar-refractivity contribution < 1.29 is 13.5 Å². The molecule has 1 heterocycles. The van der Waals surface area contributed by atoms with Crippen molar-refractivity contribution in [1.82, 2.24) is 9.97 Å². The van der Waals surface area contributed by atoms with Gasteiger partial charge in [-0.3, -0.25) is 0 Å². The molecule has 3 nitrogen and oxygen atoms in total. The molecule has 0 unspecified atom stereocenters. The van der Waals surface area contributed by atoms with E-state index in [4.69, 9.17) is 4.74 Å². The molecule has 0 atom stereocenters. The monoisotopic (exact) mass is 216 g/mol. The first-order valence-corrected chi connectivity index (χ1v) is 5.08. The van der Waals surface area contributed by atoms with Crippen molar-refractivity contribution in [3.63, 3.8) is 0 Å². The molecular formula is C10H14F2N2O. The number of hydrogen-bond donors (Lipinski definition) is 1. The minimum Gasteiger partial charge on any atom is -0.468 e.